The van der Waals surface area contributed by atoms with Gasteiger partial charge >= 0.3 is 0 Å². The molecule has 1 heterocycles. The van der Waals surface area contributed by atoms with Gasteiger partial charge in [0, 0.05) is 18.8 Å². The van der Waals surface area contributed by atoms with Gasteiger partial charge in [-0.15, -0.1) is 0 Å². The molecule has 1 N–H and O–H groups in total. The number of aromatic nitrogens is 2. The number of carbonyl (C=O) groups is 1. The summed E-state index contributed by atoms with van der Waals surface area (Å²) < 4.78 is 15.5. The minimum Gasteiger partial charge on any atom is -0.352 e. The molecule has 4 nitrogen and oxygen atoms in total. The van der Waals surface area contributed by atoms with E-state index < -0.39 is 5.82 Å². The van der Waals surface area contributed by atoms with Crippen LogP contribution in [-0.4, -0.2) is 22.2 Å². The maximum absolute atomic E-state index is 13.4. The first-order valence-corrected chi connectivity index (χ1v) is 7.51. The minimum atomic E-state index is -0.440. The lowest BCUT2D eigenvalue weighted by atomic mass is 10.2. The van der Waals surface area contributed by atoms with Crippen molar-refractivity contribution in [1.29, 1.82) is 0 Å². The SMILES string of the molecule is Cc1cc(C)n(CCCNC(=O)c2cccc(F)c2Br)n1. The second-order valence-corrected chi connectivity index (χ2v) is 5.65. The number of nitrogens with one attached hydrogen (secondary N) is 1. The van der Waals surface area contributed by atoms with E-state index in [1.807, 2.05) is 24.6 Å². The third kappa shape index (κ3) is 3.91. The molecule has 0 fully saturated rings. The molecule has 1 aromatic heterocycles. The van der Waals surface area contributed by atoms with Crippen molar-refractivity contribution in [1.82, 2.24) is 15.1 Å². The van der Waals surface area contributed by atoms with Crippen molar-refractivity contribution in [2.75, 3.05) is 6.54 Å². The first kappa shape index (κ1) is 15.7. The molecule has 0 aliphatic rings. The summed E-state index contributed by atoms with van der Waals surface area (Å²) in [7, 11) is 0. The molecule has 0 radical (unpaired) electrons. The van der Waals surface area contributed by atoms with Crippen LogP contribution in [0.3, 0.4) is 0 Å². The van der Waals surface area contributed by atoms with E-state index in [0.29, 0.717) is 12.1 Å². The van der Waals surface area contributed by atoms with Crippen LogP contribution in [0.15, 0.2) is 28.7 Å². The van der Waals surface area contributed by atoms with Gasteiger partial charge in [0.05, 0.1) is 15.7 Å². The quantitative estimate of drug-likeness (QED) is 0.838. The highest BCUT2D eigenvalue weighted by Crippen LogP contribution is 2.20. The number of nitrogens with zero attached hydrogens (tertiary/aromatic N) is 2. The predicted molar refractivity (Wildman–Crippen MR) is 82.8 cm³/mol. The Labute approximate surface area is 131 Å². The van der Waals surface area contributed by atoms with E-state index in [1.54, 1.807) is 6.07 Å². The van der Waals surface area contributed by atoms with Gasteiger partial charge in [-0.1, -0.05) is 6.07 Å². The van der Waals surface area contributed by atoms with Crippen LogP contribution in [0, 0.1) is 19.7 Å². The Morgan fingerprint density at radius 1 is 1.43 bits per heavy atom. The number of halogens is 2. The highest BCUT2D eigenvalue weighted by atomic mass is 79.9. The van der Waals surface area contributed by atoms with Crippen LogP contribution >= 0.6 is 15.9 Å². The maximum atomic E-state index is 13.4. The molecular weight excluding hydrogens is 337 g/mol. The number of hydrogen-bond donors (Lipinski definition) is 1. The van der Waals surface area contributed by atoms with E-state index in [4.69, 9.17) is 0 Å². The van der Waals surface area contributed by atoms with E-state index in [9.17, 15) is 9.18 Å². The van der Waals surface area contributed by atoms with Crippen molar-refractivity contribution >= 4 is 21.8 Å². The van der Waals surface area contributed by atoms with E-state index >= 15 is 0 Å². The van der Waals surface area contributed by atoms with Crippen molar-refractivity contribution in [3.05, 3.63) is 51.5 Å². The summed E-state index contributed by atoms with van der Waals surface area (Å²) in [6, 6.07) is 6.43. The highest BCUT2D eigenvalue weighted by molar-refractivity contribution is 9.10. The van der Waals surface area contributed by atoms with Gasteiger partial charge in [-0.2, -0.15) is 5.10 Å². The Morgan fingerprint density at radius 3 is 2.86 bits per heavy atom. The summed E-state index contributed by atoms with van der Waals surface area (Å²) in [5.41, 5.74) is 2.40. The fraction of sp³-hybridized carbons (Fsp3) is 0.333. The first-order chi connectivity index (χ1) is 9.99. The molecule has 1 amide bonds. The standard InChI is InChI=1S/C15H17BrFN3O/c1-10-9-11(2)20(19-10)8-4-7-18-15(21)12-5-3-6-13(17)14(12)16/h3,5-6,9H,4,7-8H2,1-2H3,(H,18,21). The van der Waals surface area contributed by atoms with Gasteiger partial charge in [0.2, 0.25) is 0 Å². The fourth-order valence-corrected chi connectivity index (χ4v) is 2.55. The number of carbonyl (C=O) groups excluding carboxylic acids is 1. The Hall–Kier alpha value is -1.69. The van der Waals surface area contributed by atoms with Gasteiger partial charge in [-0.05, 0) is 54.4 Å². The lowest BCUT2D eigenvalue weighted by Crippen LogP contribution is -2.26. The van der Waals surface area contributed by atoms with Crippen molar-refractivity contribution in [3.63, 3.8) is 0 Å². The molecule has 2 aromatic rings. The molecule has 0 bridgehead atoms. The summed E-state index contributed by atoms with van der Waals surface area (Å²) in [6.45, 7) is 5.21. The van der Waals surface area contributed by atoms with E-state index in [-0.39, 0.29) is 10.4 Å². The van der Waals surface area contributed by atoms with Crippen molar-refractivity contribution in [2.24, 2.45) is 0 Å². The Morgan fingerprint density at radius 2 is 2.19 bits per heavy atom. The topological polar surface area (TPSA) is 46.9 Å². The summed E-state index contributed by atoms with van der Waals surface area (Å²) >= 11 is 3.09. The van der Waals surface area contributed by atoms with Gasteiger partial charge in [-0.25, -0.2) is 4.39 Å². The zero-order valence-corrected chi connectivity index (χ0v) is 13.6. The van der Waals surface area contributed by atoms with E-state index in [0.717, 1.165) is 24.4 Å². The van der Waals surface area contributed by atoms with Crippen LogP contribution in [0.4, 0.5) is 4.39 Å². The van der Waals surface area contributed by atoms with E-state index in [2.05, 4.69) is 26.3 Å². The molecule has 0 aliphatic heterocycles. The molecule has 0 saturated heterocycles. The van der Waals surface area contributed by atoms with E-state index in [1.165, 1.54) is 12.1 Å². The normalized spacial score (nSPS) is 10.7. The van der Waals surface area contributed by atoms with Crippen molar-refractivity contribution < 1.29 is 9.18 Å². The number of amides is 1. The molecule has 112 valence electrons. The largest absolute Gasteiger partial charge is 0.352 e. The number of rotatable bonds is 5. The molecule has 0 aliphatic carbocycles. The average molecular weight is 354 g/mol. The van der Waals surface area contributed by atoms with Gasteiger partial charge in [0.25, 0.3) is 5.91 Å². The molecular formula is C15H17BrFN3O. The summed E-state index contributed by atoms with van der Waals surface area (Å²) in [5.74, 6) is -0.722. The number of aryl methyl sites for hydroxylation is 3. The molecule has 0 unspecified atom stereocenters. The van der Waals surface area contributed by atoms with Crippen molar-refractivity contribution in [3.8, 4) is 0 Å². The second-order valence-electron chi connectivity index (χ2n) is 4.86. The zero-order chi connectivity index (χ0) is 15.4. The first-order valence-electron chi connectivity index (χ1n) is 6.72. The van der Waals surface area contributed by atoms with Gasteiger partial charge in [-0.3, -0.25) is 9.48 Å². The van der Waals surface area contributed by atoms with Crippen molar-refractivity contribution in [2.45, 2.75) is 26.8 Å². The number of benzene rings is 1. The Kier molecular flexibility index (Phi) is 5.12. The van der Waals surface area contributed by atoms with Crippen LogP contribution in [0.5, 0.6) is 0 Å². The second kappa shape index (κ2) is 6.85. The predicted octanol–water partition coefficient (Wildman–Crippen LogP) is 3.22. The molecule has 0 saturated carbocycles. The summed E-state index contributed by atoms with van der Waals surface area (Å²) in [5, 5.41) is 7.14. The highest BCUT2D eigenvalue weighted by Gasteiger charge is 2.12. The lowest BCUT2D eigenvalue weighted by molar-refractivity contribution is 0.0951. The molecule has 21 heavy (non-hydrogen) atoms. The van der Waals surface area contributed by atoms with Gasteiger partial charge < -0.3 is 5.32 Å². The minimum absolute atomic E-state index is 0.195. The van der Waals surface area contributed by atoms with Crippen LogP contribution < -0.4 is 5.32 Å². The Balaban J connectivity index is 1.85. The van der Waals surface area contributed by atoms with Crippen LogP contribution in [-0.2, 0) is 6.54 Å². The maximum Gasteiger partial charge on any atom is 0.252 e. The van der Waals surface area contributed by atoms with Crippen LogP contribution in [0.1, 0.15) is 28.2 Å². The average Bonchev–Trinajstić information content (AvgIpc) is 2.76. The molecule has 2 rings (SSSR count). The smallest absolute Gasteiger partial charge is 0.252 e. The zero-order valence-electron chi connectivity index (χ0n) is 12.0. The third-order valence-electron chi connectivity index (χ3n) is 3.13. The monoisotopic (exact) mass is 353 g/mol. The summed E-state index contributed by atoms with van der Waals surface area (Å²) in [4.78, 5) is 12.0. The molecule has 1 aromatic carbocycles. The Bertz CT molecular complexity index is 654. The van der Waals surface area contributed by atoms with Crippen LogP contribution in [0.2, 0.25) is 0 Å². The third-order valence-corrected chi connectivity index (χ3v) is 3.94. The number of hydrogen-bond acceptors (Lipinski definition) is 2. The molecule has 0 atom stereocenters. The molecule has 6 heteroatoms. The fourth-order valence-electron chi connectivity index (χ4n) is 2.11. The lowest BCUT2D eigenvalue weighted by Gasteiger charge is -2.08. The summed E-state index contributed by atoms with van der Waals surface area (Å²) in [6.07, 6.45) is 0.765. The molecule has 0 spiro atoms. The van der Waals surface area contributed by atoms with Crippen LogP contribution in [0.25, 0.3) is 0 Å². The van der Waals surface area contributed by atoms with Gasteiger partial charge in [0.15, 0.2) is 0 Å². The van der Waals surface area contributed by atoms with Gasteiger partial charge in [0.1, 0.15) is 5.82 Å².